The molecule has 2 aromatic rings. The number of carbonyl (C=O) groups is 2. The molecule has 0 aliphatic heterocycles. The number of halogens is 1. The van der Waals surface area contributed by atoms with Crippen LogP contribution in [0, 0.1) is 11.7 Å². The van der Waals surface area contributed by atoms with Gasteiger partial charge in [0.2, 0.25) is 5.91 Å². The normalized spacial score (nSPS) is 13.1. The molecule has 0 heterocycles. The molecule has 2 aromatic carbocycles. The van der Waals surface area contributed by atoms with Crippen LogP contribution in [0.4, 0.5) is 4.39 Å². The lowest BCUT2D eigenvalue weighted by atomic mass is 9.94. The molecule has 0 aliphatic carbocycles. The average Bonchev–Trinajstić information content (AvgIpc) is 2.55. The number of aliphatic carboxylic acids is 1. The molecule has 0 saturated heterocycles. The second-order valence-corrected chi connectivity index (χ2v) is 5.35. The van der Waals surface area contributed by atoms with Gasteiger partial charge >= 0.3 is 5.97 Å². The maximum atomic E-state index is 13.6. The molecule has 0 spiro atoms. The largest absolute Gasteiger partial charge is 0.481 e. The summed E-state index contributed by atoms with van der Waals surface area (Å²) in [5, 5.41) is 12.0. The fourth-order valence-corrected chi connectivity index (χ4v) is 2.34. The molecular weight excluding hydrogens is 297 g/mol. The van der Waals surface area contributed by atoms with Gasteiger partial charge in [0.1, 0.15) is 5.82 Å². The van der Waals surface area contributed by atoms with Crippen LogP contribution in [0.15, 0.2) is 54.6 Å². The summed E-state index contributed by atoms with van der Waals surface area (Å²) < 4.78 is 13.6. The highest BCUT2D eigenvalue weighted by molar-refractivity contribution is 5.80. The highest BCUT2D eigenvalue weighted by Crippen LogP contribution is 2.22. The molecule has 0 radical (unpaired) electrons. The first-order chi connectivity index (χ1) is 11.0. The maximum Gasteiger partial charge on any atom is 0.308 e. The van der Waals surface area contributed by atoms with E-state index in [0.29, 0.717) is 5.56 Å². The standard InChI is InChI=1S/C18H18FNO3/c1-12(18(22)23)17(13-7-3-2-4-8-13)20-16(21)11-14-9-5-6-10-15(14)19/h2-10,12,17H,11H2,1H3,(H,20,21)(H,22,23)/t12-,17-/m0/s1. The summed E-state index contributed by atoms with van der Waals surface area (Å²) >= 11 is 0. The maximum absolute atomic E-state index is 13.6. The highest BCUT2D eigenvalue weighted by Gasteiger charge is 2.26. The van der Waals surface area contributed by atoms with Crippen molar-refractivity contribution in [2.45, 2.75) is 19.4 Å². The summed E-state index contributed by atoms with van der Waals surface area (Å²) in [7, 11) is 0. The van der Waals surface area contributed by atoms with Crippen LogP contribution >= 0.6 is 0 Å². The summed E-state index contributed by atoms with van der Waals surface area (Å²) in [6.07, 6.45) is -0.137. The Hall–Kier alpha value is -2.69. The Kier molecular flexibility index (Phi) is 5.46. The summed E-state index contributed by atoms with van der Waals surface area (Å²) in [5.41, 5.74) is 0.976. The van der Waals surface area contributed by atoms with E-state index in [1.165, 1.54) is 19.1 Å². The van der Waals surface area contributed by atoms with Crippen LogP contribution < -0.4 is 5.32 Å². The Labute approximate surface area is 134 Å². The molecule has 120 valence electrons. The third kappa shape index (κ3) is 4.39. The van der Waals surface area contributed by atoms with Gasteiger partial charge in [-0.2, -0.15) is 0 Å². The van der Waals surface area contributed by atoms with Gasteiger partial charge in [-0.3, -0.25) is 9.59 Å². The molecule has 2 atom stereocenters. The molecule has 0 saturated carbocycles. The zero-order chi connectivity index (χ0) is 16.8. The minimum atomic E-state index is -1.01. The number of benzene rings is 2. The monoisotopic (exact) mass is 315 g/mol. The molecule has 23 heavy (non-hydrogen) atoms. The minimum absolute atomic E-state index is 0.137. The van der Waals surface area contributed by atoms with Crippen molar-refractivity contribution in [1.29, 1.82) is 0 Å². The van der Waals surface area contributed by atoms with Gasteiger partial charge in [-0.05, 0) is 24.1 Å². The number of carboxylic acid groups (broad SMARTS) is 1. The van der Waals surface area contributed by atoms with Gasteiger partial charge < -0.3 is 10.4 Å². The van der Waals surface area contributed by atoms with Crippen molar-refractivity contribution in [2.24, 2.45) is 5.92 Å². The number of hydrogen-bond donors (Lipinski definition) is 2. The number of carbonyl (C=O) groups excluding carboxylic acids is 1. The number of hydrogen-bond acceptors (Lipinski definition) is 2. The van der Waals surface area contributed by atoms with Crippen LogP contribution in [0.5, 0.6) is 0 Å². The van der Waals surface area contributed by atoms with Crippen molar-refractivity contribution >= 4 is 11.9 Å². The molecule has 2 N–H and O–H groups in total. The van der Waals surface area contributed by atoms with Crippen LogP contribution in [0.2, 0.25) is 0 Å². The van der Waals surface area contributed by atoms with Crippen LogP contribution in [-0.2, 0) is 16.0 Å². The van der Waals surface area contributed by atoms with Gasteiger partial charge in [0, 0.05) is 0 Å². The molecule has 0 unspecified atom stereocenters. The number of amides is 1. The van der Waals surface area contributed by atoms with Crippen molar-refractivity contribution in [3.8, 4) is 0 Å². The van der Waals surface area contributed by atoms with E-state index >= 15 is 0 Å². The smallest absolute Gasteiger partial charge is 0.308 e. The first kappa shape index (κ1) is 16.7. The molecule has 2 rings (SSSR count). The second kappa shape index (κ2) is 7.54. The zero-order valence-electron chi connectivity index (χ0n) is 12.7. The van der Waals surface area contributed by atoms with Gasteiger partial charge in [-0.15, -0.1) is 0 Å². The summed E-state index contributed by atoms with van der Waals surface area (Å²) in [4.78, 5) is 23.5. The molecule has 0 fully saturated rings. The van der Waals surface area contributed by atoms with Crippen molar-refractivity contribution in [1.82, 2.24) is 5.32 Å². The van der Waals surface area contributed by atoms with Crippen molar-refractivity contribution in [2.75, 3.05) is 0 Å². The lowest BCUT2D eigenvalue weighted by molar-refractivity contribution is -0.142. The number of rotatable bonds is 6. The predicted molar refractivity (Wildman–Crippen MR) is 84.2 cm³/mol. The van der Waals surface area contributed by atoms with Gasteiger partial charge in [0.15, 0.2) is 0 Å². The number of nitrogens with one attached hydrogen (secondary N) is 1. The van der Waals surface area contributed by atoms with E-state index in [0.717, 1.165) is 0 Å². The Morgan fingerprint density at radius 1 is 1.09 bits per heavy atom. The van der Waals surface area contributed by atoms with Gasteiger partial charge in [0.05, 0.1) is 18.4 Å². The topological polar surface area (TPSA) is 66.4 Å². The Balaban J connectivity index is 2.16. The van der Waals surface area contributed by atoms with Crippen LogP contribution in [0.25, 0.3) is 0 Å². The third-order valence-electron chi connectivity index (χ3n) is 3.67. The van der Waals surface area contributed by atoms with E-state index in [9.17, 15) is 19.1 Å². The minimum Gasteiger partial charge on any atom is -0.481 e. The molecule has 0 bridgehead atoms. The average molecular weight is 315 g/mol. The van der Waals surface area contributed by atoms with Crippen molar-refractivity contribution < 1.29 is 19.1 Å². The van der Waals surface area contributed by atoms with Crippen LogP contribution in [-0.4, -0.2) is 17.0 Å². The number of carboxylic acids is 1. The molecule has 4 nitrogen and oxygen atoms in total. The van der Waals surface area contributed by atoms with Crippen LogP contribution in [0.1, 0.15) is 24.1 Å². The zero-order valence-corrected chi connectivity index (χ0v) is 12.7. The van der Waals surface area contributed by atoms with Gasteiger partial charge in [-0.25, -0.2) is 4.39 Å². The Morgan fingerprint density at radius 3 is 2.30 bits per heavy atom. The Bertz CT molecular complexity index is 688. The SMILES string of the molecule is C[C@H](C(=O)O)[C@H](NC(=O)Cc1ccccc1F)c1ccccc1. The lowest BCUT2D eigenvalue weighted by Gasteiger charge is -2.23. The quantitative estimate of drug-likeness (QED) is 0.861. The summed E-state index contributed by atoms with van der Waals surface area (Å²) in [6, 6.07) is 14.2. The Morgan fingerprint density at radius 2 is 1.70 bits per heavy atom. The molecule has 1 amide bonds. The predicted octanol–water partition coefficient (Wildman–Crippen LogP) is 2.95. The fraction of sp³-hybridized carbons (Fsp3) is 0.222. The first-order valence-corrected chi connectivity index (χ1v) is 7.29. The lowest BCUT2D eigenvalue weighted by Crippen LogP contribution is -2.36. The summed E-state index contributed by atoms with van der Waals surface area (Å²) in [5.74, 6) is -2.69. The summed E-state index contributed by atoms with van der Waals surface area (Å²) in [6.45, 7) is 1.53. The van der Waals surface area contributed by atoms with E-state index < -0.39 is 29.7 Å². The second-order valence-electron chi connectivity index (χ2n) is 5.35. The van der Waals surface area contributed by atoms with E-state index in [4.69, 9.17) is 0 Å². The molecule has 5 heteroatoms. The van der Waals surface area contributed by atoms with Gasteiger partial charge in [-0.1, -0.05) is 48.5 Å². The third-order valence-corrected chi connectivity index (χ3v) is 3.67. The van der Waals surface area contributed by atoms with E-state index in [-0.39, 0.29) is 12.0 Å². The van der Waals surface area contributed by atoms with Crippen LogP contribution in [0.3, 0.4) is 0 Å². The van der Waals surface area contributed by atoms with E-state index in [2.05, 4.69) is 5.32 Å². The van der Waals surface area contributed by atoms with E-state index in [1.54, 1.807) is 36.4 Å². The van der Waals surface area contributed by atoms with Crippen molar-refractivity contribution in [3.63, 3.8) is 0 Å². The molecular formula is C18H18FNO3. The fourth-order valence-electron chi connectivity index (χ4n) is 2.34. The molecule has 0 aliphatic rings. The molecule has 0 aromatic heterocycles. The first-order valence-electron chi connectivity index (χ1n) is 7.29. The highest BCUT2D eigenvalue weighted by atomic mass is 19.1. The van der Waals surface area contributed by atoms with Gasteiger partial charge in [0.25, 0.3) is 0 Å². The van der Waals surface area contributed by atoms with E-state index in [1.807, 2.05) is 6.07 Å². The van der Waals surface area contributed by atoms with Crippen molar-refractivity contribution in [3.05, 3.63) is 71.5 Å².